The maximum atomic E-state index is 12.8. The topological polar surface area (TPSA) is 88.3 Å². The number of thiophene rings is 1. The highest BCUT2D eigenvalue weighted by Gasteiger charge is 2.28. The van der Waals surface area contributed by atoms with Gasteiger partial charge in [-0.05, 0) is 55.5 Å². The quantitative estimate of drug-likeness (QED) is 0.626. The number of amides is 2. The second kappa shape index (κ2) is 8.44. The molecule has 0 radical (unpaired) electrons. The molecule has 1 fully saturated rings. The molecule has 2 aromatic heterocycles. The van der Waals surface area contributed by atoms with Crippen molar-refractivity contribution in [2.24, 2.45) is 5.73 Å². The van der Waals surface area contributed by atoms with Gasteiger partial charge in [0.25, 0.3) is 5.91 Å². The highest BCUT2D eigenvalue weighted by molar-refractivity contribution is 7.17. The number of aryl methyl sites for hydroxylation is 1. The Morgan fingerprint density at radius 2 is 2.21 bits per heavy atom. The Morgan fingerprint density at radius 3 is 2.97 bits per heavy atom. The first kappa shape index (κ1) is 19.8. The number of hydrogen-bond acceptors (Lipinski definition) is 6. The van der Waals surface area contributed by atoms with E-state index in [1.54, 1.807) is 11.3 Å². The maximum Gasteiger partial charge on any atom is 0.267 e. The van der Waals surface area contributed by atoms with Gasteiger partial charge < -0.3 is 11.1 Å². The van der Waals surface area contributed by atoms with Crippen LogP contribution in [0.15, 0.2) is 41.1 Å². The average Bonchev–Trinajstić information content (AvgIpc) is 3.42. The molecule has 0 spiro atoms. The number of aromatic nitrogens is 1. The largest absolute Gasteiger partial charge is 0.368 e. The van der Waals surface area contributed by atoms with Crippen molar-refractivity contribution in [3.8, 4) is 10.6 Å². The van der Waals surface area contributed by atoms with E-state index in [1.807, 2.05) is 48.0 Å². The summed E-state index contributed by atoms with van der Waals surface area (Å²) in [5.41, 5.74) is 9.05. The SMILES string of the molecule is Cc1nc(-c2ccsc2)sc1C(=O)Nc1cccc(CN2CCCC2C(N)=O)c1. The summed E-state index contributed by atoms with van der Waals surface area (Å²) in [5.74, 6) is -0.427. The Hall–Kier alpha value is -2.55. The molecule has 3 N–H and O–H groups in total. The lowest BCUT2D eigenvalue weighted by Crippen LogP contribution is -2.39. The van der Waals surface area contributed by atoms with Crippen molar-refractivity contribution < 1.29 is 9.59 Å². The van der Waals surface area contributed by atoms with Crippen molar-refractivity contribution in [2.45, 2.75) is 32.4 Å². The minimum absolute atomic E-state index is 0.158. The van der Waals surface area contributed by atoms with Crippen LogP contribution in [0, 0.1) is 6.92 Å². The zero-order valence-corrected chi connectivity index (χ0v) is 17.7. The summed E-state index contributed by atoms with van der Waals surface area (Å²) >= 11 is 3.01. The van der Waals surface area contributed by atoms with E-state index in [9.17, 15) is 9.59 Å². The van der Waals surface area contributed by atoms with E-state index >= 15 is 0 Å². The van der Waals surface area contributed by atoms with Crippen LogP contribution >= 0.6 is 22.7 Å². The second-order valence-corrected chi connectivity index (χ2v) is 8.91. The highest BCUT2D eigenvalue weighted by Crippen LogP contribution is 2.30. The summed E-state index contributed by atoms with van der Waals surface area (Å²) < 4.78 is 0. The number of nitrogens with zero attached hydrogens (tertiary/aromatic N) is 2. The fraction of sp³-hybridized carbons (Fsp3) is 0.286. The van der Waals surface area contributed by atoms with Crippen LogP contribution in [0.4, 0.5) is 5.69 Å². The lowest BCUT2D eigenvalue weighted by atomic mass is 10.1. The van der Waals surface area contributed by atoms with Gasteiger partial charge in [-0.15, -0.1) is 11.3 Å². The summed E-state index contributed by atoms with van der Waals surface area (Å²) in [7, 11) is 0. The molecule has 3 heterocycles. The van der Waals surface area contributed by atoms with Crippen molar-refractivity contribution >= 4 is 40.2 Å². The number of benzene rings is 1. The average molecular weight is 427 g/mol. The van der Waals surface area contributed by atoms with Gasteiger partial charge in [-0.1, -0.05) is 12.1 Å². The number of carbonyl (C=O) groups is 2. The molecule has 0 bridgehead atoms. The van der Waals surface area contributed by atoms with Gasteiger partial charge in [0, 0.05) is 23.2 Å². The minimum atomic E-state index is -0.269. The van der Waals surface area contributed by atoms with Crippen LogP contribution in [-0.2, 0) is 11.3 Å². The third kappa shape index (κ3) is 4.39. The minimum Gasteiger partial charge on any atom is -0.368 e. The van der Waals surface area contributed by atoms with Crippen LogP contribution in [-0.4, -0.2) is 34.3 Å². The van der Waals surface area contributed by atoms with Gasteiger partial charge in [0.15, 0.2) is 0 Å². The zero-order valence-electron chi connectivity index (χ0n) is 16.1. The monoisotopic (exact) mass is 426 g/mol. The number of hydrogen-bond donors (Lipinski definition) is 2. The van der Waals surface area contributed by atoms with E-state index in [1.165, 1.54) is 11.3 Å². The van der Waals surface area contributed by atoms with Gasteiger partial charge in [-0.2, -0.15) is 11.3 Å². The summed E-state index contributed by atoms with van der Waals surface area (Å²) in [6.07, 6.45) is 1.78. The predicted octanol–water partition coefficient (Wildman–Crippen LogP) is 3.88. The molecule has 0 saturated carbocycles. The van der Waals surface area contributed by atoms with Gasteiger partial charge in [-0.25, -0.2) is 4.98 Å². The number of likely N-dealkylation sites (tertiary alicyclic amines) is 1. The normalized spacial score (nSPS) is 16.8. The molecule has 1 unspecified atom stereocenters. The third-order valence-corrected chi connectivity index (χ3v) is 6.92. The molecule has 1 atom stereocenters. The first-order valence-corrected chi connectivity index (χ1v) is 11.2. The van der Waals surface area contributed by atoms with Crippen molar-refractivity contribution in [3.05, 3.63) is 57.2 Å². The smallest absolute Gasteiger partial charge is 0.267 e. The molecule has 6 nitrogen and oxygen atoms in total. The van der Waals surface area contributed by atoms with Crippen LogP contribution in [0.2, 0.25) is 0 Å². The van der Waals surface area contributed by atoms with Gasteiger partial charge in [-0.3, -0.25) is 14.5 Å². The number of thiazole rings is 1. The van der Waals surface area contributed by atoms with Crippen LogP contribution in [0.25, 0.3) is 10.6 Å². The van der Waals surface area contributed by atoms with E-state index in [0.29, 0.717) is 11.4 Å². The predicted molar refractivity (Wildman–Crippen MR) is 117 cm³/mol. The van der Waals surface area contributed by atoms with E-state index in [-0.39, 0.29) is 17.9 Å². The summed E-state index contributed by atoms with van der Waals surface area (Å²) in [5, 5.41) is 7.87. The molecular weight excluding hydrogens is 404 g/mol. The van der Waals surface area contributed by atoms with Crippen molar-refractivity contribution in [3.63, 3.8) is 0 Å². The number of primary amides is 1. The fourth-order valence-corrected chi connectivity index (χ4v) is 5.30. The fourth-order valence-electron chi connectivity index (χ4n) is 3.62. The summed E-state index contributed by atoms with van der Waals surface area (Å²) in [6.45, 7) is 3.35. The Bertz CT molecular complexity index is 1030. The standard InChI is InChI=1S/C21H22N4O2S2/c1-13-18(29-21(23-13)15-7-9-28-12-15)20(27)24-16-5-2-4-14(10-16)11-25-8-3-6-17(25)19(22)26/h2,4-5,7,9-10,12,17H,3,6,8,11H2,1H3,(H2,22,26)(H,24,27). The lowest BCUT2D eigenvalue weighted by molar-refractivity contribution is -0.122. The number of rotatable bonds is 6. The van der Waals surface area contributed by atoms with Gasteiger partial charge >= 0.3 is 0 Å². The number of carbonyl (C=O) groups excluding carboxylic acids is 2. The van der Waals surface area contributed by atoms with Crippen LogP contribution in [0.5, 0.6) is 0 Å². The maximum absolute atomic E-state index is 12.8. The third-order valence-electron chi connectivity index (χ3n) is 5.03. The second-order valence-electron chi connectivity index (χ2n) is 7.13. The van der Waals surface area contributed by atoms with Gasteiger partial charge in [0.05, 0.1) is 11.7 Å². The first-order chi connectivity index (χ1) is 14.0. The van der Waals surface area contributed by atoms with Crippen LogP contribution < -0.4 is 11.1 Å². The molecule has 8 heteroatoms. The molecule has 4 rings (SSSR count). The Morgan fingerprint density at radius 1 is 1.34 bits per heavy atom. The zero-order chi connectivity index (χ0) is 20.4. The van der Waals surface area contributed by atoms with Crippen molar-refractivity contribution in [1.82, 2.24) is 9.88 Å². The molecule has 1 aromatic carbocycles. The Labute approximate surface area is 177 Å². The van der Waals surface area contributed by atoms with E-state index in [2.05, 4.69) is 15.2 Å². The molecule has 3 aromatic rings. The van der Waals surface area contributed by atoms with Crippen molar-refractivity contribution in [2.75, 3.05) is 11.9 Å². The van der Waals surface area contributed by atoms with E-state index in [0.717, 1.165) is 46.9 Å². The lowest BCUT2D eigenvalue weighted by Gasteiger charge is -2.22. The van der Waals surface area contributed by atoms with Gasteiger partial charge in [0.1, 0.15) is 9.88 Å². The number of nitrogens with one attached hydrogen (secondary N) is 1. The molecule has 1 aliphatic heterocycles. The van der Waals surface area contributed by atoms with E-state index in [4.69, 9.17) is 5.73 Å². The van der Waals surface area contributed by atoms with Crippen molar-refractivity contribution in [1.29, 1.82) is 0 Å². The van der Waals surface area contributed by atoms with Gasteiger partial charge in [0.2, 0.25) is 5.91 Å². The Balaban J connectivity index is 1.47. The number of nitrogens with two attached hydrogens (primary N) is 1. The molecule has 0 aliphatic carbocycles. The summed E-state index contributed by atoms with van der Waals surface area (Å²) in [4.78, 5) is 31.7. The molecule has 150 valence electrons. The Kier molecular flexibility index (Phi) is 5.75. The molecular formula is C21H22N4O2S2. The van der Waals surface area contributed by atoms with Crippen LogP contribution in [0.3, 0.4) is 0 Å². The first-order valence-electron chi connectivity index (χ1n) is 9.45. The molecule has 29 heavy (non-hydrogen) atoms. The summed E-state index contributed by atoms with van der Waals surface area (Å²) in [6, 6.07) is 9.53. The molecule has 1 saturated heterocycles. The highest BCUT2D eigenvalue weighted by atomic mass is 32.1. The van der Waals surface area contributed by atoms with E-state index < -0.39 is 0 Å². The molecule has 1 aliphatic rings. The number of anilines is 1. The molecule has 2 amide bonds. The van der Waals surface area contributed by atoms with Crippen LogP contribution in [0.1, 0.15) is 33.8 Å².